The van der Waals surface area contributed by atoms with Gasteiger partial charge in [0.15, 0.2) is 0 Å². The monoisotopic (exact) mass is 410 g/mol. The molecule has 8 heteroatoms. The Hall–Kier alpha value is -1.76. The summed E-state index contributed by atoms with van der Waals surface area (Å²) in [7, 11) is -3.86. The normalized spacial score (nSPS) is 18.8. The van der Waals surface area contributed by atoms with Crippen LogP contribution in [0.5, 0.6) is 0 Å². The van der Waals surface area contributed by atoms with Gasteiger partial charge < -0.3 is 4.90 Å². The molecule has 2 aromatic carbocycles. The second-order valence-corrected chi connectivity index (χ2v) is 9.01. The molecule has 0 saturated heterocycles. The molecule has 5 nitrogen and oxygen atoms in total. The van der Waals surface area contributed by atoms with Crippen molar-refractivity contribution in [2.45, 2.75) is 30.6 Å². The first-order valence-corrected chi connectivity index (χ1v) is 10.5. The first kappa shape index (κ1) is 17.6. The van der Waals surface area contributed by atoms with Crippen LogP contribution in [-0.2, 0) is 21.2 Å². The van der Waals surface area contributed by atoms with E-state index in [1.165, 1.54) is 0 Å². The zero-order chi connectivity index (χ0) is 18.6. The smallest absolute Gasteiger partial charge is 0.261 e. The summed E-state index contributed by atoms with van der Waals surface area (Å²) in [6, 6.07) is 8.00. The number of sulfonamides is 1. The molecule has 2 aliphatic rings. The van der Waals surface area contributed by atoms with E-state index in [1.54, 1.807) is 35.2 Å². The average Bonchev–Trinajstić information content (AvgIpc) is 2.86. The molecular weight excluding hydrogens is 395 g/mol. The number of carbonyl (C=O) groups excluding carboxylic acids is 1. The first-order chi connectivity index (χ1) is 12.3. The molecule has 136 valence electrons. The first-order valence-electron chi connectivity index (χ1n) is 8.24. The van der Waals surface area contributed by atoms with E-state index in [-0.39, 0.29) is 32.5 Å². The Balaban J connectivity index is 1.79. The van der Waals surface area contributed by atoms with Gasteiger partial charge in [-0.1, -0.05) is 29.3 Å². The van der Waals surface area contributed by atoms with Gasteiger partial charge in [-0.25, -0.2) is 8.42 Å². The van der Waals surface area contributed by atoms with Crippen LogP contribution in [0.25, 0.3) is 0 Å². The second-order valence-electron chi connectivity index (χ2n) is 6.54. The van der Waals surface area contributed by atoms with Gasteiger partial charge in [0, 0.05) is 6.54 Å². The molecule has 0 aliphatic carbocycles. The van der Waals surface area contributed by atoms with E-state index in [1.807, 2.05) is 6.92 Å². The van der Waals surface area contributed by atoms with Gasteiger partial charge in [-0.15, -0.1) is 0 Å². The van der Waals surface area contributed by atoms with Crippen molar-refractivity contribution >= 4 is 50.5 Å². The van der Waals surface area contributed by atoms with Gasteiger partial charge in [0.05, 0.1) is 32.2 Å². The Morgan fingerprint density at radius 3 is 2.77 bits per heavy atom. The van der Waals surface area contributed by atoms with Crippen LogP contribution in [0.3, 0.4) is 0 Å². The van der Waals surface area contributed by atoms with Gasteiger partial charge >= 0.3 is 0 Å². The lowest BCUT2D eigenvalue weighted by Gasteiger charge is -2.26. The zero-order valence-corrected chi connectivity index (χ0v) is 16.2. The van der Waals surface area contributed by atoms with Crippen molar-refractivity contribution in [1.29, 1.82) is 0 Å². The lowest BCUT2D eigenvalue weighted by molar-refractivity contribution is -0.119. The summed E-state index contributed by atoms with van der Waals surface area (Å²) in [6.07, 6.45) is 1.57. The third-order valence-electron chi connectivity index (χ3n) is 4.90. The zero-order valence-electron chi connectivity index (χ0n) is 13.9. The summed E-state index contributed by atoms with van der Waals surface area (Å²) >= 11 is 12.1. The molecule has 4 rings (SSSR count). The summed E-state index contributed by atoms with van der Waals surface area (Å²) in [5, 5.41) is 0.417. The predicted octanol–water partition coefficient (Wildman–Crippen LogP) is 4.19. The third-order valence-corrected chi connectivity index (χ3v) is 7.06. The molecule has 0 aromatic heterocycles. The van der Waals surface area contributed by atoms with E-state index in [9.17, 15) is 13.2 Å². The predicted molar refractivity (Wildman–Crippen MR) is 103 cm³/mol. The van der Waals surface area contributed by atoms with Crippen molar-refractivity contribution < 1.29 is 13.2 Å². The molecule has 0 spiro atoms. The maximum atomic E-state index is 12.9. The van der Waals surface area contributed by atoms with Crippen LogP contribution in [0.2, 0.25) is 10.0 Å². The lowest BCUT2D eigenvalue weighted by Crippen LogP contribution is -2.32. The van der Waals surface area contributed by atoms with Crippen LogP contribution in [-0.4, -0.2) is 20.9 Å². The van der Waals surface area contributed by atoms with E-state index >= 15 is 0 Å². The second kappa shape index (κ2) is 6.15. The van der Waals surface area contributed by atoms with E-state index in [0.717, 1.165) is 29.7 Å². The highest BCUT2D eigenvalue weighted by Gasteiger charge is 2.38. The van der Waals surface area contributed by atoms with Gasteiger partial charge in [0.25, 0.3) is 10.0 Å². The number of anilines is 2. The highest BCUT2D eigenvalue weighted by molar-refractivity contribution is 7.92. The van der Waals surface area contributed by atoms with Gasteiger partial charge in [-0.3, -0.25) is 9.52 Å². The molecule has 2 aliphatic heterocycles. The molecule has 1 amide bonds. The Bertz CT molecular complexity index is 1040. The molecule has 1 N–H and O–H groups in total. The number of amides is 1. The van der Waals surface area contributed by atoms with Crippen molar-refractivity contribution in [3.05, 3.63) is 51.5 Å². The van der Waals surface area contributed by atoms with Gasteiger partial charge in [0.2, 0.25) is 5.91 Å². The highest BCUT2D eigenvalue weighted by atomic mass is 35.5. The highest BCUT2D eigenvalue weighted by Crippen LogP contribution is 2.44. The fourth-order valence-electron chi connectivity index (χ4n) is 3.61. The molecule has 0 radical (unpaired) electrons. The van der Waals surface area contributed by atoms with Crippen LogP contribution in [0, 0.1) is 0 Å². The van der Waals surface area contributed by atoms with E-state index in [2.05, 4.69) is 4.72 Å². The molecule has 0 unspecified atom stereocenters. The Morgan fingerprint density at radius 1 is 1.23 bits per heavy atom. The van der Waals surface area contributed by atoms with Crippen molar-refractivity contribution in [2.24, 2.45) is 0 Å². The van der Waals surface area contributed by atoms with E-state index in [4.69, 9.17) is 23.2 Å². The summed E-state index contributed by atoms with van der Waals surface area (Å²) in [5.74, 6) is -0.312. The number of nitrogens with one attached hydrogen (secondary N) is 1. The minimum atomic E-state index is -3.86. The maximum absolute atomic E-state index is 12.9. The lowest BCUT2D eigenvalue weighted by atomic mass is 9.97. The van der Waals surface area contributed by atoms with Gasteiger partial charge in [0.1, 0.15) is 0 Å². The Morgan fingerprint density at radius 2 is 2.00 bits per heavy atom. The summed E-state index contributed by atoms with van der Waals surface area (Å²) < 4.78 is 28.3. The SMILES string of the molecule is C[C@H]1C(=O)N2CCCc3cc(S(=O)(=O)Nc4cccc(Cl)c4Cl)cc1c32. The molecule has 0 fully saturated rings. The quantitative estimate of drug-likeness (QED) is 0.824. The third kappa shape index (κ3) is 2.68. The van der Waals surface area contributed by atoms with Crippen LogP contribution in [0.4, 0.5) is 11.4 Å². The molecule has 26 heavy (non-hydrogen) atoms. The number of rotatable bonds is 3. The van der Waals surface area contributed by atoms with Crippen molar-refractivity contribution in [3.8, 4) is 0 Å². The van der Waals surface area contributed by atoms with E-state index < -0.39 is 10.0 Å². The van der Waals surface area contributed by atoms with Crippen LogP contribution >= 0.6 is 23.2 Å². The van der Waals surface area contributed by atoms with Crippen molar-refractivity contribution in [3.63, 3.8) is 0 Å². The topological polar surface area (TPSA) is 66.5 Å². The summed E-state index contributed by atoms with van der Waals surface area (Å²) in [6.45, 7) is 2.50. The number of hydrogen-bond donors (Lipinski definition) is 1. The molecule has 2 aromatic rings. The summed E-state index contributed by atoms with van der Waals surface area (Å²) in [5.41, 5.74) is 2.77. The van der Waals surface area contributed by atoms with Gasteiger partial charge in [-0.05, 0) is 55.2 Å². The van der Waals surface area contributed by atoms with E-state index in [0.29, 0.717) is 6.54 Å². The minimum Gasteiger partial charge on any atom is -0.311 e. The minimum absolute atomic E-state index is 0.0290. The largest absolute Gasteiger partial charge is 0.311 e. The van der Waals surface area contributed by atoms with Crippen LogP contribution in [0.1, 0.15) is 30.4 Å². The average molecular weight is 411 g/mol. The molecule has 1 atom stereocenters. The fraction of sp³-hybridized carbons (Fsp3) is 0.278. The summed E-state index contributed by atoms with van der Waals surface area (Å²) in [4.78, 5) is 14.3. The fourth-order valence-corrected chi connectivity index (χ4v) is 5.17. The van der Waals surface area contributed by atoms with Crippen LogP contribution < -0.4 is 9.62 Å². The number of aryl methyl sites for hydroxylation is 1. The van der Waals surface area contributed by atoms with Crippen molar-refractivity contribution in [1.82, 2.24) is 0 Å². The number of halogens is 2. The number of nitrogens with zero attached hydrogens (tertiary/aromatic N) is 1. The molecular formula is C18H16Cl2N2O3S. The molecule has 2 heterocycles. The van der Waals surface area contributed by atoms with Crippen molar-refractivity contribution in [2.75, 3.05) is 16.2 Å². The maximum Gasteiger partial charge on any atom is 0.261 e. The number of carbonyl (C=O) groups is 1. The Labute approximate surface area is 162 Å². The standard InChI is InChI=1S/C18H16Cl2N2O3S/c1-10-13-9-12(8-11-4-3-7-22(17(11)13)18(10)23)26(24,25)21-15-6-2-5-14(19)16(15)20/h2,5-6,8-10,21H,3-4,7H2,1H3/t10-/m1/s1. The number of hydrogen-bond acceptors (Lipinski definition) is 3. The Kier molecular flexibility index (Phi) is 4.17. The molecule has 0 bridgehead atoms. The number of benzene rings is 2. The molecule has 0 saturated carbocycles. The van der Waals surface area contributed by atoms with Gasteiger partial charge in [-0.2, -0.15) is 0 Å². The van der Waals surface area contributed by atoms with Crippen LogP contribution in [0.15, 0.2) is 35.2 Å².